The van der Waals surface area contributed by atoms with Gasteiger partial charge in [0.1, 0.15) is 0 Å². The molecule has 1 aliphatic heterocycles. The largest absolute Gasteiger partial charge is 0.396 e. The van der Waals surface area contributed by atoms with Gasteiger partial charge in [-0.15, -0.1) is 0 Å². The monoisotopic (exact) mass is 130 g/mol. The maximum atomic E-state index is 8.77. The van der Waals surface area contributed by atoms with Gasteiger partial charge in [-0.3, -0.25) is 0 Å². The highest BCUT2D eigenvalue weighted by Crippen LogP contribution is 2.24. The average molecular weight is 130 g/mol. The Bertz CT molecular complexity index is 92.9. The summed E-state index contributed by atoms with van der Waals surface area (Å²) in [4.78, 5) is 0. The minimum Gasteiger partial charge on any atom is -0.396 e. The lowest BCUT2D eigenvalue weighted by Gasteiger charge is -2.08. The van der Waals surface area contributed by atoms with E-state index in [9.17, 15) is 0 Å². The molecule has 3 atom stereocenters. The second-order valence-electron chi connectivity index (χ2n) is 2.83. The summed E-state index contributed by atoms with van der Waals surface area (Å²) < 4.78 is 5.40. The van der Waals surface area contributed by atoms with Crippen LogP contribution in [0.3, 0.4) is 0 Å². The lowest BCUT2D eigenvalue weighted by Crippen LogP contribution is -2.14. The van der Waals surface area contributed by atoms with Crippen molar-refractivity contribution < 1.29 is 9.84 Å². The summed E-state index contributed by atoms with van der Waals surface area (Å²) in [6.07, 6.45) is 1.61. The van der Waals surface area contributed by atoms with E-state index in [1.807, 2.05) is 13.8 Å². The third kappa shape index (κ3) is 1.43. The van der Waals surface area contributed by atoms with Crippen LogP contribution in [0.15, 0.2) is 0 Å². The molecule has 2 unspecified atom stereocenters. The fraction of sp³-hybridized carbons (Fsp3) is 1.00. The first kappa shape index (κ1) is 7.03. The Morgan fingerprint density at radius 2 is 2.22 bits per heavy atom. The van der Waals surface area contributed by atoms with Gasteiger partial charge in [0, 0.05) is 12.5 Å². The lowest BCUT2D eigenvalue weighted by atomic mass is 10.0. The maximum Gasteiger partial charge on any atom is 0.0601 e. The molecule has 1 saturated heterocycles. The van der Waals surface area contributed by atoms with Crippen LogP contribution in [0.2, 0.25) is 0 Å². The smallest absolute Gasteiger partial charge is 0.0601 e. The Morgan fingerprint density at radius 1 is 1.56 bits per heavy atom. The topological polar surface area (TPSA) is 29.5 Å². The highest BCUT2D eigenvalue weighted by molar-refractivity contribution is 4.76. The molecule has 0 spiro atoms. The van der Waals surface area contributed by atoms with E-state index >= 15 is 0 Å². The lowest BCUT2D eigenvalue weighted by molar-refractivity contribution is 0.0471. The van der Waals surface area contributed by atoms with Crippen molar-refractivity contribution in [3.8, 4) is 0 Å². The Hall–Kier alpha value is -0.0800. The van der Waals surface area contributed by atoms with Crippen LogP contribution in [-0.4, -0.2) is 23.9 Å². The van der Waals surface area contributed by atoms with E-state index in [-0.39, 0.29) is 12.7 Å². The standard InChI is InChI=1S/C7H14O2/c1-5-3-7(4-8)6(2)9-5/h5-8H,3-4H2,1-2H3/t5?,6?,7-/m0/s1. The fourth-order valence-corrected chi connectivity index (χ4v) is 1.37. The quantitative estimate of drug-likeness (QED) is 0.568. The third-order valence-corrected chi connectivity index (χ3v) is 1.98. The number of hydrogen-bond donors (Lipinski definition) is 1. The molecule has 0 saturated carbocycles. The number of hydrogen-bond acceptors (Lipinski definition) is 2. The minimum atomic E-state index is 0.255. The molecule has 0 bridgehead atoms. The number of ether oxygens (including phenoxy) is 1. The second kappa shape index (κ2) is 2.67. The molecule has 1 heterocycles. The molecule has 0 aromatic rings. The predicted molar refractivity (Wildman–Crippen MR) is 35.2 cm³/mol. The van der Waals surface area contributed by atoms with Crippen LogP contribution in [0.5, 0.6) is 0 Å². The van der Waals surface area contributed by atoms with Crippen molar-refractivity contribution in [3.05, 3.63) is 0 Å². The van der Waals surface area contributed by atoms with Gasteiger partial charge in [0.05, 0.1) is 12.2 Å². The highest BCUT2D eigenvalue weighted by Gasteiger charge is 2.28. The zero-order chi connectivity index (χ0) is 6.85. The molecule has 0 amide bonds. The van der Waals surface area contributed by atoms with Crippen molar-refractivity contribution in [2.45, 2.75) is 32.5 Å². The molecule has 9 heavy (non-hydrogen) atoms. The first-order valence-corrected chi connectivity index (χ1v) is 3.50. The minimum absolute atomic E-state index is 0.255. The summed E-state index contributed by atoms with van der Waals surface area (Å²) in [6.45, 7) is 4.34. The van der Waals surface area contributed by atoms with E-state index in [1.54, 1.807) is 0 Å². The van der Waals surface area contributed by atoms with E-state index in [0.717, 1.165) is 6.42 Å². The highest BCUT2D eigenvalue weighted by atomic mass is 16.5. The maximum absolute atomic E-state index is 8.77. The molecule has 2 nitrogen and oxygen atoms in total. The zero-order valence-corrected chi connectivity index (χ0v) is 6.00. The molecule has 0 radical (unpaired) electrons. The average Bonchev–Trinajstić information content (AvgIpc) is 2.10. The summed E-state index contributed by atoms with van der Waals surface area (Å²) >= 11 is 0. The van der Waals surface area contributed by atoms with E-state index in [1.165, 1.54) is 0 Å². The zero-order valence-electron chi connectivity index (χ0n) is 6.00. The van der Waals surface area contributed by atoms with Gasteiger partial charge in [0.15, 0.2) is 0 Å². The van der Waals surface area contributed by atoms with Gasteiger partial charge in [0.2, 0.25) is 0 Å². The summed E-state index contributed by atoms with van der Waals surface area (Å²) in [5.74, 6) is 0.375. The summed E-state index contributed by atoms with van der Waals surface area (Å²) in [5, 5.41) is 8.77. The van der Waals surface area contributed by atoms with Gasteiger partial charge in [0.25, 0.3) is 0 Å². The van der Waals surface area contributed by atoms with Gasteiger partial charge >= 0.3 is 0 Å². The molecule has 0 aromatic heterocycles. The SMILES string of the molecule is CC1C[C@@H](CO)C(C)O1. The van der Waals surface area contributed by atoms with E-state index in [2.05, 4.69) is 0 Å². The number of rotatable bonds is 1. The predicted octanol–water partition coefficient (Wildman–Crippen LogP) is 0.792. The van der Waals surface area contributed by atoms with Crippen molar-refractivity contribution >= 4 is 0 Å². The normalized spacial score (nSPS) is 43.7. The second-order valence-corrected chi connectivity index (χ2v) is 2.83. The fourth-order valence-electron chi connectivity index (χ4n) is 1.37. The van der Waals surface area contributed by atoms with Gasteiger partial charge in [-0.1, -0.05) is 0 Å². The molecular weight excluding hydrogens is 116 g/mol. The molecule has 0 aromatic carbocycles. The number of aliphatic hydroxyl groups excluding tert-OH is 1. The molecule has 0 aliphatic carbocycles. The first-order chi connectivity index (χ1) is 4.24. The van der Waals surface area contributed by atoms with Crippen molar-refractivity contribution in [3.63, 3.8) is 0 Å². The number of aliphatic hydroxyl groups is 1. The van der Waals surface area contributed by atoms with Crippen LogP contribution >= 0.6 is 0 Å². The van der Waals surface area contributed by atoms with Crippen molar-refractivity contribution in [2.75, 3.05) is 6.61 Å². The van der Waals surface area contributed by atoms with E-state index < -0.39 is 0 Å². The molecular formula is C7H14O2. The summed E-state index contributed by atoms with van der Waals surface area (Å²) in [7, 11) is 0. The van der Waals surface area contributed by atoms with Crippen LogP contribution in [0, 0.1) is 5.92 Å². The first-order valence-electron chi connectivity index (χ1n) is 3.50. The van der Waals surface area contributed by atoms with Crippen molar-refractivity contribution in [2.24, 2.45) is 5.92 Å². The van der Waals surface area contributed by atoms with Crippen LogP contribution < -0.4 is 0 Å². The van der Waals surface area contributed by atoms with Crippen molar-refractivity contribution in [1.29, 1.82) is 0 Å². The summed E-state index contributed by atoms with van der Waals surface area (Å²) in [5.41, 5.74) is 0. The van der Waals surface area contributed by atoms with Gasteiger partial charge in [-0.2, -0.15) is 0 Å². The molecule has 1 N–H and O–H groups in total. The Kier molecular flexibility index (Phi) is 2.09. The Morgan fingerprint density at radius 3 is 2.44 bits per heavy atom. The van der Waals surface area contributed by atoms with E-state index in [4.69, 9.17) is 9.84 Å². The third-order valence-electron chi connectivity index (χ3n) is 1.98. The molecule has 2 heteroatoms. The van der Waals surface area contributed by atoms with Gasteiger partial charge in [-0.25, -0.2) is 0 Å². The van der Waals surface area contributed by atoms with E-state index in [0.29, 0.717) is 12.0 Å². The van der Waals surface area contributed by atoms with Crippen LogP contribution in [-0.2, 0) is 4.74 Å². The Balaban J connectivity index is 2.38. The Labute approximate surface area is 55.8 Å². The van der Waals surface area contributed by atoms with Gasteiger partial charge < -0.3 is 9.84 Å². The summed E-state index contributed by atoms with van der Waals surface area (Å²) in [6, 6.07) is 0. The molecule has 1 aliphatic rings. The molecule has 1 rings (SSSR count). The van der Waals surface area contributed by atoms with Crippen molar-refractivity contribution in [1.82, 2.24) is 0 Å². The van der Waals surface area contributed by atoms with Crippen LogP contribution in [0.4, 0.5) is 0 Å². The van der Waals surface area contributed by atoms with Gasteiger partial charge in [-0.05, 0) is 20.3 Å². The van der Waals surface area contributed by atoms with Crippen LogP contribution in [0.25, 0.3) is 0 Å². The molecule has 1 fully saturated rings. The molecule has 54 valence electrons. The van der Waals surface area contributed by atoms with Crippen LogP contribution in [0.1, 0.15) is 20.3 Å².